The van der Waals surface area contributed by atoms with E-state index in [1.807, 2.05) is 0 Å². The number of phenolic OH excluding ortho intramolecular Hbond substituents is 1. The first-order valence-corrected chi connectivity index (χ1v) is 6.84. The Kier molecular flexibility index (Phi) is 4.69. The maximum Gasteiger partial charge on any atom is 0.246 e. The monoisotopic (exact) mass is 272 g/mol. The van der Waals surface area contributed by atoms with Crippen molar-refractivity contribution in [2.75, 3.05) is 20.1 Å². The minimum absolute atomic E-state index is 0.211. The van der Waals surface area contributed by atoms with E-state index in [-0.39, 0.29) is 23.1 Å². The molecule has 0 aliphatic rings. The highest BCUT2D eigenvalue weighted by Gasteiger charge is 2.25. The molecule has 7 heteroatoms. The molecule has 0 fully saturated rings. The number of rotatable bonds is 5. The van der Waals surface area contributed by atoms with Crippen LogP contribution < -0.4 is 5.32 Å². The molecule has 0 bridgehead atoms. The second kappa shape index (κ2) is 5.83. The van der Waals surface area contributed by atoms with Crippen LogP contribution in [0, 0.1) is 0 Å². The van der Waals surface area contributed by atoms with Crippen LogP contribution in [0.5, 0.6) is 5.75 Å². The molecule has 0 radical (unpaired) electrons. The zero-order valence-corrected chi connectivity index (χ0v) is 11.1. The Balaban J connectivity index is 2.94. The lowest BCUT2D eigenvalue weighted by molar-refractivity contribution is -0.121. The molecule has 0 heterocycles. The molecule has 0 aliphatic heterocycles. The number of nitrogens with one attached hydrogen (secondary N) is 1. The molecule has 1 rings (SSSR count). The number of phenols is 1. The van der Waals surface area contributed by atoms with Crippen molar-refractivity contribution in [2.24, 2.45) is 0 Å². The summed E-state index contributed by atoms with van der Waals surface area (Å²) >= 11 is 0. The second-order valence-corrected chi connectivity index (χ2v) is 5.70. The third-order valence-corrected chi connectivity index (χ3v) is 4.14. The molecule has 0 aliphatic carbocycles. The van der Waals surface area contributed by atoms with E-state index in [1.54, 1.807) is 6.92 Å². The van der Waals surface area contributed by atoms with Crippen molar-refractivity contribution in [1.82, 2.24) is 9.62 Å². The van der Waals surface area contributed by atoms with E-state index in [0.29, 0.717) is 6.54 Å². The lowest BCUT2D eigenvalue weighted by Crippen LogP contribution is -2.38. The summed E-state index contributed by atoms with van der Waals surface area (Å²) in [5, 5.41) is 12.0. The summed E-state index contributed by atoms with van der Waals surface area (Å²) in [7, 11) is -2.57. The normalized spacial score (nSPS) is 11.5. The van der Waals surface area contributed by atoms with Crippen LogP contribution in [-0.4, -0.2) is 43.9 Å². The summed E-state index contributed by atoms with van der Waals surface area (Å²) < 4.78 is 25.1. The van der Waals surface area contributed by atoms with Gasteiger partial charge in [-0.25, -0.2) is 8.42 Å². The van der Waals surface area contributed by atoms with Gasteiger partial charge >= 0.3 is 0 Å². The van der Waals surface area contributed by atoms with Gasteiger partial charge in [-0.2, -0.15) is 4.31 Å². The number of carbonyl (C=O) groups is 1. The molecule has 1 amide bonds. The number of amides is 1. The van der Waals surface area contributed by atoms with Crippen LogP contribution in [0.25, 0.3) is 0 Å². The van der Waals surface area contributed by atoms with Crippen LogP contribution in [0.4, 0.5) is 0 Å². The van der Waals surface area contributed by atoms with Crippen LogP contribution in [0.3, 0.4) is 0 Å². The maximum absolute atomic E-state index is 12.1. The molecular formula is C11H16N2O4S. The molecule has 100 valence electrons. The Bertz CT molecular complexity index is 528. The van der Waals surface area contributed by atoms with Gasteiger partial charge in [0.2, 0.25) is 15.9 Å². The number of aromatic hydroxyl groups is 1. The largest absolute Gasteiger partial charge is 0.507 e. The average Bonchev–Trinajstić information content (AvgIpc) is 2.29. The van der Waals surface area contributed by atoms with E-state index >= 15 is 0 Å². The number of benzene rings is 1. The van der Waals surface area contributed by atoms with E-state index in [0.717, 1.165) is 4.31 Å². The van der Waals surface area contributed by atoms with Crippen molar-refractivity contribution in [3.05, 3.63) is 24.3 Å². The first kappa shape index (κ1) is 14.5. The molecular weight excluding hydrogens is 256 g/mol. The summed E-state index contributed by atoms with van der Waals surface area (Å²) in [5.41, 5.74) is 0. The first-order valence-electron chi connectivity index (χ1n) is 5.40. The smallest absolute Gasteiger partial charge is 0.246 e. The summed E-state index contributed by atoms with van der Waals surface area (Å²) in [6.07, 6.45) is 0. The minimum atomic E-state index is -3.86. The van der Waals surface area contributed by atoms with E-state index < -0.39 is 10.0 Å². The van der Waals surface area contributed by atoms with Crippen molar-refractivity contribution in [2.45, 2.75) is 11.8 Å². The number of nitrogens with zero attached hydrogens (tertiary/aromatic N) is 1. The highest BCUT2D eigenvalue weighted by molar-refractivity contribution is 7.89. The number of sulfonamides is 1. The number of hydrogen-bond acceptors (Lipinski definition) is 4. The summed E-state index contributed by atoms with van der Waals surface area (Å²) in [4.78, 5) is 11.1. The van der Waals surface area contributed by atoms with Crippen LogP contribution in [0.15, 0.2) is 29.2 Å². The van der Waals surface area contributed by atoms with Crippen LogP contribution in [0.1, 0.15) is 6.92 Å². The van der Waals surface area contributed by atoms with Gasteiger partial charge in [0.05, 0.1) is 6.54 Å². The topological polar surface area (TPSA) is 86.7 Å². The number of hydrogen-bond donors (Lipinski definition) is 2. The molecule has 6 nitrogen and oxygen atoms in total. The molecule has 0 saturated heterocycles. The van der Waals surface area contributed by atoms with E-state index in [2.05, 4.69) is 5.32 Å². The number of likely N-dealkylation sites (N-methyl/N-ethyl adjacent to an activating group) is 2. The Labute approximate surface area is 106 Å². The van der Waals surface area contributed by atoms with E-state index in [1.165, 1.54) is 31.3 Å². The standard InChI is InChI=1S/C11H16N2O4S/c1-3-12-11(15)8-13(2)18(16,17)10-7-5-4-6-9(10)14/h4-7,14H,3,8H2,1-2H3,(H,12,15). The predicted octanol–water partition coefficient (Wildman–Crippen LogP) is 0.149. The van der Waals surface area contributed by atoms with Gasteiger partial charge in [0, 0.05) is 13.6 Å². The molecule has 0 unspecified atom stereocenters. The SMILES string of the molecule is CCNC(=O)CN(C)S(=O)(=O)c1ccccc1O. The molecule has 1 aromatic rings. The Morgan fingerprint density at radius 1 is 1.39 bits per heavy atom. The van der Waals surface area contributed by atoms with Gasteiger partial charge in [-0.3, -0.25) is 4.79 Å². The number of para-hydroxylation sites is 1. The molecule has 0 atom stereocenters. The van der Waals surface area contributed by atoms with Gasteiger partial charge in [0.15, 0.2) is 0 Å². The molecule has 0 saturated carbocycles. The fraction of sp³-hybridized carbons (Fsp3) is 0.364. The summed E-state index contributed by atoms with van der Waals surface area (Å²) in [6, 6.07) is 5.61. The van der Waals surface area contributed by atoms with Gasteiger partial charge in [0.25, 0.3) is 0 Å². The second-order valence-electron chi connectivity index (χ2n) is 3.68. The minimum Gasteiger partial charge on any atom is -0.507 e. The summed E-state index contributed by atoms with van der Waals surface area (Å²) in [5.74, 6) is -0.723. The molecule has 1 aromatic carbocycles. The predicted molar refractivity (Wildman–Crippen MR) is 66.6 cm³/mol. The van der Waals surface area contributed by atoms with Crippen molar-refractivity contribution >= 4 is 15.9 Å². The van der Waals surface area contributed by atoms with Crippen molar-refractivity contribution in [1.29, 1.82) is 0 Å². The lowest BCUT2D eigenvalue weighted by atomic mass is 10.3. The fourth-order valence-electron chi connectivity index (χ4n) is 1.38. The van der Waals surface area contributed by atoms with Gasteiger partial charge in [-0.1, -0.05) is 12.1 Å². The molecule has 0 aromatic heterocycles. The Morgan fingerprint density at radius 2 is 2.00 bits per heavy atom. The quantitative estimate of drug-likeness (QED) is 0.798. The highest BCUT2D eigenvalue weighted by atomic mass is 32.2. The average molecular weight is 272 g/mol. The van der Waals surface area contributed by atoms with Crippen molar-refractivity contribution < 1.29 is 18.3 Å². The molecule has 2 N–H and O–H groups in total. The third kappa shape index (κ3) is 3.21. The third-order valence-electron chi connectivity index (χ3n) is 2.29. The van der Waals surface area contributed by atoms with Crippen molar-refractivity contribution in [3.63, 3.8) is 0 Å². The lowest BCUT2D eigenvalue weighted by Gasteiger charge is -2.17. The first-order chi connectivity index (χ1) is 8.39. The fourth-order valence-corrected chi connectivity index (χ4v) is 2.59. The van der Waals surface area contributed by atoms with Crippen LogP contribution >= 0.6 is 0 Å². The van der Waals surface area contributed by atoms with Crippen LogP contribution in [-0.2, 0) is 14.8 Å². The van der Waals surface area contributed by atoms with Gasteiger partial charge in [-0.15, -0.1) is 0 Å². The Morgan fingerprint density at radius 3 is 2.56 bits per heavy atom. The summed E-state index contributed by atoms with van der Waals surface area (Å²) in [6.45, 7) is 1.89. The van der Waals surface area contributed by atoms with E-state index in [9.17, 15) is 18.3 Å². The Hall–Kier alpha value is -1.60. The van der Waals surface area contributed by atoms with Crippen molar-refractivity contribution in [3.8, 4) is 5.75 Å². The molecule has 18 heavy (non-hydrogen) atoms. The van der Waals surface area contributed by atoms with Crippen LogP contribution in [0.2, 0.25) is 0 Å². The van der Waals surface area contributed by atoms with E-state index in [4.69, 9.17) is 0 Å². The van der Waals surface area contributed by atoms with Gasteiger partial charge in [-0.05, 0) is 19.1 Å². The molecule has 0 spiro atoms. The van der Waals surface area contributed by atoms with Gasteiger partial charge in [0.1, 0.15) is 10.6 Å². The zero-order valence-electron chi connectivity index (χ0n) is 10.3. The maximum atomic E-state index is 12.1. The van der Waals surface area contributed by atoms with Gasteiger partial charge < -0.3 is 10.4 Å². The number of carbonyl (C=O) groups excluding carboxylic acids is 1. The highest BCUT2D eigenvalue weighted by Crippen LogP contribution is 2.23. The zero-order chi connectivity index (χ0) is 13.8.